The number of carbonyl (C=O) groups excluding carboxylic acids is 1. The van der Waals surface area contributed by atoms with Crippen molar-refractivity contribution in [1.29, 1.82) is 0 Å². The Morgan fingerprint density at radius 1 is 1.19 bits per heavy atom. The van der Waals surface area contributed by atoms with Crippen molar-refractivity contribution in [2.24, 2.45) is 0 Å². The third-order valence-corrected chi connectivity index (χ3v) is 4.36. The number of aryl methyl sites for hydroxylation is 4. The Balaban J connectivity index is 1.49. The molecule has 2 aromatic heterocycles. The first-order chi connectivity index (χ1) is 13.1. The molecule has 0 saturated carbocycles. The lowest BCUT2D eigenvalue weighted by Gasteiger charge is -2.09. The van der Waals surface area contributed by atoms with Gasteiger partial charge in [0.2, 0.25) is 11.8 Å². The van der Waals surface area contributed by atoms with Gasteiger partial charge < -0.3 is 10.1 Å². The molecule has 0 radical (unpaired) electrons. The molecule has 1 amide bonds. The van der Waals surface area contributed by atoms with Gasteiger partial charge in [-0.1, -0.05) is 12.1 Å². The Kier molecular flexibility index (Phi) is 6.01. The maximum atomic E-state index is 12.1. The highest BCUT2D eigenvalue weighted by molar-refractivity contribution is 5.77. The van der Waals surface area contributed by atoms with Gasteiger partial charge in [0, 0.05) is 31.6 Å². The highest BCUT2D eigenvalue weighted by Gasteiger charge is 2.11. The number of methoxy groups -OCH3 is 1. The molecule has 0 fully saturated rings. The van der Waals surface area contributed by atoms with Crippen LogP contribution in [-0.2, 0) is 17.8 Å². The van der Waals surface area contributed by atoms with Crippen LogP contribution in [0.5, 0.6) is 5.88 Å². The van der Waals surface area contributed by atoms with E-state index in [9.17, 15) is 4.79 Å². The van der Waals surface area contributed by atoms with E-state index in [0.717, 1.165) is 35.4 Å². The van der Waals surface area contributed by atoms with E-state index in [0.29, 0.717) is 31.0 Å². The van der Waals surface area contributed by atoms with Gasteiger partial charge in [-0.05, 0) is 38.5 Å². The van der Waals surface area contributed by atoms with Crippen molar-refractivity contribution >= 4 is 16.9 Å². The number of rotatable bonds is 8. The van der Waals surface area contributed by atoms with E-state index < -0.39 is 0 Å². The molecule has 0 spiro atoms. The maximum absolute atomic E-state index is 12.1. The monoisotopic (exact) mass is 367 g/mol. The lowest BCUT2D eigenvalue weighted by atomic mass is 10.2. The number of carbonyl (C=O) groups is 1. The summed E-state index contributed by atoms with van der Waals surface area (Å²) in [4.78, 5) is 21.2. The zero-order valence-electron chi connectivity index (χ0n) is 16.0. The van der Waals surface area contributed by atoms with E-state index in [1.165, 1.54) is 0 Å². The molecule has 1 N–H and O–H groups in total. The van der Waals surface area contributed by atoms with E-state index in [4.69, 9.17) is 4.74 Å². The Labute approximate surface area is 158 Å². The molecule has 0 atom stereocenters. The molecule has 1 aromatic carbocycles. The molecule has 7 nitrogen and oxygen atoms in total. The van der Waals surface area contributed by atoms with Crippen LogP contribution >= 0.6 is 0 Å². The van der Waals surface area contributed by atoms with Crippen LogP contribution in [-0.4, -0.2) is 39.3 Å². The van der Waals surface area contributed by atoms with Crippen LogP contribution in [0, 0.1) is 13.8 Å². The van der Waals surface area contributed by atoms with Gasteiger partial charge in [-0.2, -0.15) is 5.10 Å². The number of fused-ring (bicyclic) bond motifs is 1. The minimum absolute atomic E-state index is 0.000351. The van der Waals surface area contributed by atoms with E-state index in [-0.39, 0.29) is 5.91 Å². The number of aromatic nitrogens is 4. The average Bonchev–Trinajstić information content (AvgIpc) is 2.99. The van der Waals surface area contributed by atoms with E-state index in [1.807, 2.05) is 42.8 Å². The van der Waals surface area contributed by atoms with Gasteiger partial charge in [-0.25, -0.2) is 9.97 Å². The fraction of sp³-hybridized carbons (Fsp3) is 0.400. The van der Waals surface area contributed by atoms with Crippen LogP contribution < -0.4 is 10.1 Å². The highest BCUT2D eigenvalue weighted by Crippen LogP contribution is 2.19. The second-order valence-corrected chi connectivity index (χ2v) is 6.52. The molecule has 7 heteroatoms. The summed E-state index contributed by atoms with van der Waals surface area (Å²) in [5.41, 5.74) is 4.45. The summed E-state index contributed by atoms with van der Waals surface area (Å²) in [7, 11) is 1.57. The van der Waals surface area contributed by atoms with Crippen LogP contribution in [0.3, 0.4) is 0 Å². The van der Waals surface area contributed by atoms with E-state index in [1.54, 1.807) is 7.11 Å². The topological polar surface area (TPSA) is 81.9 Å². The lowest BCUT2D eigenvalue weighted by Crippen LogP contribution is -2.25. The number of hydrogen-bond donors (Lipinski definition) is 1. The van der Waals surface area contributed by atoms with Gasteiger partial charge in [-0.15, -0.1) is 0 Å². The van der Waals surface area contributed by atoms with Crippen LogP contribution in [0.1, 0.15) is 29.9 Å². The Bertz CT molecular complexity index is 935. The standard InChI is InChI=1S/C20H25N5O2/c1-14-13-15(2)25(24-14)12-6-11-21-19(26)10-9-18-20(27-3)23-17-8-5-4-7-16(17)22-18/h4-5,7-8,13H,6,9-12H2,1-3H3,(H,21,26). The second-order valence-electron chi connectivity index (χ2n) is 6.52. The average molecular weight is 367 g/mol. The first-order valence-corrected chi connectivity index (χ1v) is 9.14. The molecule has 3 rings (SSSR count). The van der Waals surface area contributed by atoms with Crippen molar-refractivity contribution in [3.8, 4) is 5.88 Å². The number of nitrogens with zero attached hydrogens (tertiary/aromatic N) is 4. The minimum Gasteiger partial charge on any atom is -0.480 e. The molecule has 0 bridgehead atoms. The maximum Gasteiger partial charge on any atom is 0.235 e. The summed E-state index contributed by atoms with van der Waals surface area (Å²) < 4.78 is 7.30. The van der Waals surface area contributed by atoms with Gasteiger partial charge in [0.05, 0.1) is 23.8 Å². The number of ether oxygens (including phenoxy) is 1. The van der Waals surface area contributed by atoms with Gasteiger partial charge in [-0.3, -0.25) is 9.48 Å². The van der Waals surface area contributed by atoms with Crippen LogP contribution in [0.25, 0.3) is 11.0 Å². The smallest absolute Gasteiger partial charge is 0.235 e. The molecule has 0 aliphatic rings. The Hall–Kier alpha value is -2.96. The van der Waals surface area contributed by atoms with Gasteiger partial charge in [0.15, 0.2) is 0 Å². The fourth-order valence-corrected chi connectivity index (χ4v) is 3.02. The first kappa shape index (κ1) is 18.8. The van der Waals surface area contributed by atoms with Crippen molar-refractivity contribution < 1.29 is 9.53 Å². The Morgan fingerprint density at radius 3 is 2.59 bits per heavy atom. The number of amides is 1. The zero-order valence-corrected chi connectivity index (χ0v) is 16.0. The molecule has 2 heterocycles. The van der Waals surface area contributed by atoms with Crippen molar-refractivity contribution in [2.75, 3.05) is 13.7 Å². The summed E-state index contributed by atoms with van der Waals surface area (Å²) in [6.45, 7) is 5.44. The van der Waals surface area contributed by atoms with Crippen molar-refractivity contribution in [3.63, 3.8) is 0 Å². The zero-order chi connectivity index (χ0) is 19.2. The Morgan fingerprint density at radius 2 is 1.93 bits per heavy atom. The van der Waals surface area contributed by atoms with E-state index in [2.05, 4.69) is 26.4 Å². The number of hydrogen-bond acceptors (Lipinski definition) is 5. The second kappa shape index (κ2) is 8.62. The largest absolute Gasteiger partial charge is 0.480 e. The normalized spacial score (nSPS) is 10.9. The van der Waals surface area contributed by atoms with Crippen molar-refractivity contribution in [1.82, 2.24) is 25.1 Å². The number of benzene rings is 1. The predicted molar refractivity (Wildman–Crippen MR) is 104 cm³/mol. The molecule has 0 saturated heterocycles. The third kappa shape index (κ3) is 4.81. The predicted octanol–water partition coefficient (Wildman–Crippen LogP) is 2.59. The van der Waals surface area contributed by atoms with Crippen LogP contribution in [0.15, 0.2) is 30.3 Å². The minimum atomic E-state index is 0.000351. The number of nitrogens with one attached hydrogen (secondary N) is 1. The van der Waals surface area contributed by atoms with Crippen LogP contribution in [0.2, 0.25) is 0 Å². The van der Waals surface area contributed by atoms with Crippen molar-refractivity contribution in [3.05, 3.63) is 47.4 Å². The molecule has 0 unspecified atom stereocenters. The van der Waals surface area contributed by atoms with Crippen molar-refractivity contribution in [2.45, 2.75) is 39.7 Å². The summed E-state index contributed by atoms with van der Waals surface area (Å²) >= 11 is 0. The SMILES string of the molecule is COc1nc2ccccc2nc1CCC(=O)NCCCn1nc(C)cc1C. The summed E-state index contributed by atoms with van der Waals surface area (Å²) in [6, 6.07) is 9.68. The molecule has 0 aliphatic heterocycles. The third-order valence-electron chi connectivity index (χ3n) is 4.36. The molecule has 0 aliphatic carbocycles. The molecule has 27 heavy (non-hydrogen) atoms. The van der Waals surface area contributed by atoms with Crippen LogP contribution in [0.4, 0.5) is 0 Å². The molecule has 3 aromatic rings. The van der Waals surface area contributed by atoms with Gasteiger partial charge in [0.1, 0.15) is 5.69 Å². The molecular formula is C20H25N5O2. The molecule has 142 valence electrons. The summed E-state index contributed by atoms with van der Waals surface area (Å²) in [5.74, 6) is 0.478. The molecular weight excluding hydrogens is 342 g/mol. The van der Waals surface area contributed by atoms with Gasteiger partial charge >= 0.3 is 0 Å². The van der Waals surface area contributed by atoms with E-state index >= 15 is 0 Å². The van der Waals surface area contributed by atoms with Gasteiger partial charge in [0.25, 0.3) is 0 Å². The first-order valence-electron chi connectivity index (χ1n) is 9.14. The summed E-state index contributed by atoms with van der Waals surface area (Å²) in [5, 5.41) is 7.38. The lowest BCUT2D eigenvalue weighted by molar-refractivity contribution is -0.121. The fourth-order valence-electron chi connectivity index (χ4n) is 3.02. The highest BCUT2D eigenvalue weighted by atomic mass is 16.5. The summed E-state index contributed by atoms with van der Waals surface area (Å²) in [6.07, 6.45) is 1.68. The quantitative estimate of drug-likeness (QED) is 0.619. The number of para-hydroxylation sites is 2.